The predicted octanol–water partition coefficient (Wildman–Crippen LogP) is 2.12. The number of hydrogen-bond donors (Lipinski definition) is 3. The van der Waals surface area contributed by atoms with Gasteiger partial charge in [0.05, 0.1) is 11.4 Å². The van der Waals surface area contributed by atoms with E-state index < -0.39 is 5.91 Å². The number of nitrogens with two attached hydrogens (primary N) is 1. The normalized spacial score (nSPS) is 10.8. The molecule has 0 aliphatic carbocycles. The first-order chi connectivity index (χ1) is 9.38. The van der Waals surface area contributed by atoms with Crippen molar-refractivity contribution in [2.24, 2.45) is 0 Å². The van der Waals surface area contributed by atoms with Gasteiger partial charge in [-0.1, -0.05) is 25.4 Å². The smallest absolute Gasteiger partial charge is 0.280 e. The Hall–Kier alpha value is -2.15. The van der Waals surface area contributed by atoms with E-state index in [0.717, 1.165) is 5.69 Å². The van der Waals surface area contributed by atoms with Gasteiger partial charge in [0, 0.05) is 5.69 Å². The van der Waals surface area contributed by atoms with Gasteiger partial charge in [0.25, 0.3) is 5.91 Å². The fourth-order valence-electron chi connectivity index (χ4n) is 1.72. The van der Waals surface area contributed by atoms with Gasteiger partial charge in [-0.3, -0.25) is 15.2 Å². The molecule has 8 heteroatoms. The lowest BCUT2D eigenvalue weighted by atomic mass is 10.1. The van der Waals surface area contributed by atoms with Gasteiger partial charge in [-0.15, -0.1) is 0 Å². The van der Waals surface area contributed by atoms with Crippen molar-refractivity contribution in [3.8, 4) is 0 Å². The fourth-order valence-corrected chi connectivity index (χ4v) is 1.96. The van der Waals surface area contributed by atoms with Crippen LogP contribution in [0.3, 0.4) is 0 Å². The number of carbonyl (C=O) groups is 1. The minimum absolute atomic E-state index is 0.119. The first-order valence-corrected chi connectivity index (χ1v) is 6.42. The Labute approximate surface area is 121 Å². The number of aromatic nitrogens is 4. The maximum atomic E-state index is 12.1. The number of nitrogen functional groups attached to an aromatic ring is 1. The third-order valence-corrected chi connectivity index (χ3v) is 2.87. The molecule has 0 aliphatic heterocycles. The summed E-state index contributed by atoms with van der Waals surface area (Å²) in [5.41, 5.74) is 7.72. The van der Waals surface area contributed by atoms with Gasteiger partial charge in [0.1, 0.15) is 5.15 Å². The second-order valence-electron chi connectivity index (χ2n) is 4.66. The van der Waals surface area contributed by atoms with Crippen LogP contribution in [0.5, 0.6) is 0 Å². The molecular weight excluding hydrogens is 280 g/mol. The van der Waals surface area contributed by atoms with Gasteiger partial charge >= 0.3 is 0 Å². The number of carbonyl (C=O) groups excluding carboxylic acids is 1. The van der Waals surface area contributed by atoms with Crippen molar-refractivity contribution >= 4 is 29.1 Å². The van der Waals surface area contributed by atoms with E-state index in [-0.39, 0.29) is 22.7 Å². The SMILES string of the molecule is Cc1cc(Cl)nc(NC(=O)c2n[nH]c(C(C)C)c2N)n1. The minimum Gasteiger partial charge on any atom is -0.395 e. The van der Waals surface area contributed by atoms with Crippen LogP contribution in [0.25, 0.3) is 0 Å². The summed E-state index contributed by atoms with van der Waals surface area (Å²) in [6, 6.07) is 1.59. The summed E-state index contributed by atoms with van der Waals surface area (Å²) in [4.78, 5) is 20.1. The van der Waals surface area contributed by atoms with Crippen LogP contribution in [0.1, 0.15) is 41.6 Å². The quantitative estimate of drug-likeness (QED) is 0.751. The minimum atomic E-state index is -0.479. The number of halogens is 1. The number of nitrogens with one attached hydrogen (secondary N) is 2. The van der Waals surface area contributed by atoms with E-state index in [4.69, 9.17) is 17.3 Å². The number of aromatic amines is 1. The summed E-state index contributed by atoms with van der Waals surface area (Å²) in [6.07, 6.45) is 0. The first-order valence-electron chi connectivity index (χ1n) is 6.04. The van der Waals surface area contributed by atoms with Gasteiger partial charge in [0.2, 0.25) is 5.95 Å². The summed E-state index contributed by atoms with van der Waals surface area (Å²) in [7, 11) is 0. The van der Waals surface area contributed by atoms with Crippen molar-refractivity contribution in [3.63, 3.8) is 0 Å². The number of H-pyrrole nitrogens is 1. The lowest BCUT2D eigenvalue weighted by Gasteiger charge is -2.05. The molecule has 0 atom stereocenters. The highest BCUT2D eigenvalue weighted by molar-refractivity contribution is 6.29. The highest BCUT2D eigenvalue weighted by atomic mass is 35.5. The molecule has 2 aromatic rings. The molecule has 0 saturated heterocycles. The molecule has 20 heavy (non-hydrogen) atoms. The Morgan fingerprint density at radius 3 is 2.70 bits per heavy atom. The molecule has 1 amide bonds. The second-order valence-corrected chi connectivity index (χ2v) is 5.05. The lowest BCUT2D eigenvalue weighted by molar-refractivity contribution is 0.102. The number of aryl methyl sites for hydroxylation is 1. The maximum absolute atomic E-state index is 12.1. The predicted molar refractivity (Wildman–Crippen MR) is 76.8 cm³/mol. The van der Waals surface area contributed by atoms with Crippen LogP contribution in [0.15, 0.2) is 6.07 Å². The Morgan fingerprint density at radius 1 is 1.45 bits per heavy atom. The van der Waals surface area contributed by atoms with E-state index in [1.165, 1.54) is 0 Å². The van der Waals surface area contributed by atoms with Gasteiger partial charge in [0.15, 0.2) is 5.69 Å². The molecule has 7 nitrogen and oxygen atoms in total. The van der Waals surface area contributed by atoms with Crippen molar-refractivity contribution in [2.75, 3.05) is 11.1 Å². The van der Waals surface area contributed by atoms with Crippen molar-refractivity contribution < 1.29 is 4.79 Å². The van der Waals surface area contributed by atoms with Crippen LogP contribution in [-0.2, 0) is 0 Å². The van der Waals surface area contributed by atoms with E-state index >= 15 is 0 Å². The molecule has 2 heterocycles. The third-order valence-electron chi connectivity index (χ3n) is 2.67. The number of amides is 1. The van der Waals surface area contributed by atoms with Crippen LogP contribution in [0, 0.1) is 6.92 Å². The van der Waals surface area contributed by atoms with Crippen LogP contribution >= 0.6 is 11.6 Å². The third kappa shape index (κ3) is 2.88. The molecule has 0 bridgehead atoms. The standard InChI is InChI=1S/C12H15ClN6O/c1-5(2)9-8(14)10(19-18-9)11(20)17-12-15-6(3)4-7(13)16-12/h4-5H,14H2,1-3H3,(H,18,19)(H,15,16,17,20). The molecule has 2 aromatic heterocycles. The number of hydrogen-bond acceptors (Lipinski definition) is 5. The van der Waals surface area contributed by atoms with Crippen molar-refractivity contribution in [3.05, 3.63) is 28.3 Å². The number of anilines is 2. The Bertz CT molecular complexity index is 631. The molecule has 0 saturated carbocycles. The average Bonchev–Trinajstić information content (AvgIpc) is 2.69. The van der Waals surface area contributed by atoms with Crippen LogP contribution in [0.2, 0.25) is 5.15 Å². The van der Waals surface area contributed by atoms with Gasteiger partial charge in [-0.05, 0) is 18.9 Å². The molecule has 2 rings (SSSR count). The molecular formula is C12H15ClN6O. The van der Waals surface area contributed by atoms with Crippen LogP contribution in [-0.4, -0.2) is 26.1 Å². The molecule has 0 fully saturated rings. The van der Waals surface area contributed by atoms with E-state index in [0.29, 0.717) is 11.4 Å². The van der Waals surface area contributed by atoms with Gasteiger partial charge < -0.3 is 5.73 Å². The molecule has 4 N–H and O–H groups in total. The van der Waals surface area contributed by atoms with Crippen molar-refractivity contribution in [1.29, 1.82) is 0 Å². The summed E-state index contributed by atoms with van der Waals surface area (Å²) in [5, 5.41) is 9.47. The summed E-state index contributed by atoms with van der Waals surface area (Å²) < 4.78 is 0. The lowest BCUT2D eigenvalue weighted by Crippen LogP contribution is -2.16. The van der Waals surface area contributed by atoms with Gasteiger partial charge in [-0.2, -0.15) is 5.10 Å². The zero-order valence-electron chi connectivity index (χ0n) is 11.4. The average molecular weight is 295 g/mol. The molecule has 0 radical (unpaired) electrons. The number of rotatable bonds is 3. The van der Waals surface area contributed by atoms with Gasteiger partial charge in [-0.25, -0.2) is 9.97 Å². The van der Waals surface area contributed by atoms with E-state index in [1.54, 1.807) is 13.0 Å². The Morgan fingerprint density at radius 2 is 2.15 bits per heavy atom. The summed E-state index contributed by atoms with van der Waals surface area (Å²) in [5.74, 6) is -0.213. The molecule has 0 aliphatic rings. The van der Waals surface area contributed by atoms with Crippen molar-refractivity contribution in [2.45, 2.75) is 26.7 Å². The maximum Gasteiger partial charge on any atom is 0.280 e. The first kappa shape index (κ1) is 14.3. The zero-order valence-corrected chi connectivity index (χ0v) is 12.1. The Kier molecular flexibility index (Phi) is 3.89. The molecule has 0 unspecified atom stereocenters. The number of nitrogens with zero attached hydrogens (tertiary/aromatic N) is 3. The highest BCUT2D eigenvalue weighted by Gasteiger charge is 2.19. The topological polar surface area (TPSA) is 110 Å². The molecule has 0 spiro atoms. The Balaban J connectivity index is 2.24. The van der Waals surface area contributed by atoms with E-state index in [2.05, 4.69) is 25.5 Å². The summed E-state index contributed by atoms with van der Waals surface area (Å²) in [6.45, 7) is 5.66. The van der Waals surface area contributed by atoms with Crippen LogP contribution < -0.4 is 11.1 Å². The summed E-state index contributed by atoms with van der Waals surface area (Å²) >= 11 is 5.81. The van der Waals surface area contributed by atoms with Crippen LogP contribution in [0.4, 0.5) is 11.6 Å². The molecule has 0 aromatic carbocycles. The second kappa shape index (κ2) is 5.46. The van der Waals surface area contributed by atoms with Crippen molar-refractivity contribution in [1.82, 2.24) is 20.2 Å². The monoisotopic (exact) mass is 294 g/mol. The van der Waals surface area contributed by atoms with E-state index in [1.807, 2.05) is 13.8 Å². The largest absolute Gasteiger partial charge is 0.395 e. The zero-order chi connectivity index (χ0) is 14.9. The highest BCUT2D eigenvalue weighted by Crippen LogP contribution is 2.22. The van der Waals surface area contributed by atoms with E-state index in [9.17, 15) is 4.79 Å². The fraction of sp³-hybridized carbons (Fsp3) is 0.333. The molecule has 106 valence electrons.